The zero-order valence-electron chi connectivity index (χ0n) is 15.0. The van der Waals surface area contributed by atoms with Crippen LogP contribution in [0.5, 0.6) is 11.5 Å². The third-order valence-electron chi connectivity index (χ3n) is 3.58. The van der Waals surface area contributed by atoms with E-state index in [4.69, 9.17) is 21.1 Å². The highest BCUT2D eigenvalue weighted by molar-refractivity contribution is 6.32. The first kappa shape index (κ1) is 21.0. The van der Waals surface area contributed by atoms with E-state index in [0.29, 0.717) is 0 Å². The summed E-state index contributed by atoms with van der Waals surface area (Å²) >= 11 is 5.87. The van der Waals surface area contributed by atoms with Crippen molar-refractivity contribution in [3.05, 3.63) is 57.1 Å². The first-order valence-electron chi connectivity index (χ1n) is 8.15. The summed E-state index contributed by atoms with van der Waals surface area (Å²) < 4.78 is 10.3. The van der Waals surface area contributed by atoms with Gasteiger partial charge in [-0.05, 0) is 32.0 Å². The van der Waals surface area contributed by atoms with E-state index in [1.54, 1.807) is 6.92 Å². The number of nitro benzene ring substituents is 1. The summed E-state index contributed by atoms with van der Waals surface area (Å²) in [6.45, 7) is 3.23. The third-order valence-corrected chi connectivity index (χ3v) is 3.86. The number of amides is 1. The van der Waals surface area contributed by atoms with Gasteiger partial charge >= 0.3 is 5.97 Å². The van der Waals surface area contributed by atoms with Crippen LogP contribution >= 0.6 is 11.6 Å². The molecule has 2 N–H and O–H groups in total. The Kier molecular flexibility index (Phi) is 6.78. The summed E-state index contributed by atoms with van der Waals surface area (Å²) in [4.78, 5) is 34.9. The van der Waals surface area contributed by atoms with Crippen molar-refractivity contribution in [3.63, 3.8) is 0 Å². The largest absolute Gasteiger partial charge is 0.503 e. The molecule has 148 valence electrons. The van der Waals surface area contributed by atoms with E-state index in [1.807, 2.05) is 0 Å². The molecule has 2 rings (SSSR count). The number of halogens is 1. The predicted octanol–water partition coefficient (Wildman–Crippen LogP) is 3.54. The van der Waals surface area contributed by atoms with Gasteiger partial charge in [-0.25, -0.2) is 4.79 Å². The minimum Gasteiger partial charge on any atom is -0.503 e. The Balaban J connectivity index is 2.12. The van der Waals surface area contributed by atoms with E-state index in [-0.39, 0.29) is 40.1 Å². The number of phenols is 1. The smallest absolute Gasteiger partial charge is 0.339 e. The Labute approximate surface area is 165 Å². The minimum absolute atomic E-state index is 0.000958. The maximum absolute atomic E-state index is 12.3. The molecule has 1 amide bonds. The Hall–Kier alpha value is -3.33. The summed E-state index contributed by atoms with van der Waals surface area (Å²) in [6.07, 6.45) is -1.25. The number of phenolic OH excluding ortho intramolecular Hbond substituents is 1. The second kappa shape index (κ2) is 9.05. The Morgan fingerprint density at radius 1 is 1.32 bits per heavy atom. The molecule has 2 aromatic carbocycles. The summed E-state index contributed by atoms with van der Waals surface area (Å²) in [6, 6.07) is 7.99. The van der Waals surface area contributed by atoms with Crippen LogP contribution in [-0.4, -0.2) is 34.6 Å². The van der Waals surface area contributed by atoms with Crippen LogP contribution < -0.4 is 10.1 Å². The zero-order chi connectivity index (χ0) is 20.8. The highest BCUT2D eigenvalue weighted by Gasteiger charge is 2.23. The second-order valence-corrected chi connectivity index (χ2v) is 5.96. The van der Waals surface area contributed by atoms with Gasteiger partial charge in [0.1, 0.15) is 5.69 Å². The predicted molar refractivity (Wildman–Crippen MR) is 101 cm³/mol. The fourth-order valence-corrected chi connectivity index (χ4v) is 2.42. The van der Waals surface area contributed by atoms with Gasteiger partial charge in [0.15, 0.2) is 17.6 Å². The van der Waals surface area contributed by atoms with E-state index < -0.39 is 22.9 Å². The van der Waals surface area contributed by atoms with Gasteiger partial charge in [-0.1, -0.05) is 23.7 Å². The van der Waals surface area contributed by atoms with Crippen molar-refractivity contribution in [1.82, 2.24) is 0 Å². The number of rotatable bonds is 7. The monoisotopic (exact) mass is 408 g/mol. The van der Waals surface area contributed by atoms with Gasteiger partial charge in [0, 0.05) is 6.07 Å². The second-order valence-electron chi connectivity index (χ2n) is 5.55. The van der Waals surface area contributed by atoms with Crippen LogP contribution in [0.3, 0.4) is 0 Å². The van der Waals surface area contributed by atoms with E-state index in [1.165, 1.54) is 43.3 Å². The van der Waals surface area contributed by atoms with Crippen molar-refractivity contribution in [1.29, 1.82) is 0 Å². The number of hydrogen-bond donors (Lipinski definition) is 2. The lowest BCUT2D eigenvalue weighted by atomic mass is 10.2. The van der Waals surface area contributed by atoms with Crippen LogP contribution in [0.2, 0.25) is 5.02 Å². The van der Waals surface area contributed by atoms with Crippen molar-refractivity contribution in [2.75, 3.05) is 11.9 Å². The average Bonchev–Trinajstić information content (AvgIpc) is 2.65. The number of ether oxygens (including phenoxy) is 2. The highest BCUT2D eigenvalue weighted by Crippen LogP contribution is 2.35. The SMILES string of the molecule is CCOc1cc(C(=O)O[C@H](C)C(=O)Nc2ccccc2[N+](=O)[O-])cc(Cl)c1O. The Morgan fingerprint density at radius 3 is 2.64 bits per heavy atom. The Morgan fingerprint density at radius 2 is 2.00 bits per heavy atom. The maximum Gasteiger partial charge on any atom is 0.339 e. The van der Waals surface area contributed by atoms with Crippen LogP contribution in [0.25, 0.3) is 0 Å². The van der Waals surface area contributed by atoms with Crippen molar-refractivity contribution in [2.45, 2.75) is 20.0 Å². The first-order valence-corrected chi connectivity index (χ1v) is 8.53. The number of carbonyl (C=O) groups excluding carboxylic acids is 2. The maximum atomic E-state index is 12.3. The molecule has 0 bridgehead atoms. The van der Waals surface area contributed by atoms with Crippen molar-refractivity contribution in [2.24, 2.45) is 0 Å². The standard InChI is InChI=1S/C18H17ClN2O7/c1-3-27-15-9-11(8-12(19)16(15)22)18(24)28-10(2)17(23)20-13-6-4-5-7-14(13)21(25)26/h4-10,22H,3H2,1-2H3,(H,20,23)/t10-/m1/s1. The first-order chi connectivity index (χ1) is 13.2. The summed E-state index contributed by atoms with van der Waals surface area (Å²) in [5, 5.41) is 23.1. The quantitative estimate of drug-likeness (QED) is 0.407. The summed E-state index contributed by atoms with van der Waals surface area (Å²) in [5.41, 5.74) is -0.343. The molecular weight excluding hydrogens is 392 g/mol. The van der Waals surface area contributed by atoms with Gasteiger partial charge in [0.25, 0.3) is 11.6 Å². The lowest BCUT2D eigenvalue weighted by Crippen LogP contribution is -2.30. The molecule has 0 aliphatic carbocycles. The molecule has 0 radical (unpaired) electrons. The molecule has 1 atom stereocenters. The average molecular weight is 409 g/mol. The van der Waals surface area contributed by atoms with E-state index in [9.17, 15) is 24.8 Å². The molecule has 0 aliphatic rings. The molecule has 0 fully saturated rings. The molecule has 10 heteroatoms. The summed E-state index contributed by atoms with van der Waals surface area (Å²) in [7, 11) is 0. The van der Waals surface area contributed by atoms with Gasteiger partial charge in [-0.2, -0.15) is 0 Å². The van der Waals surface area contributed by atoms with Gasteiger partial charge in [0.2, 0.25) is 0 Å². The minimum atomic E-state index is -1.25. The van der Waals surface area contributed by atoms with Crippen LogP contribution in [0.1, 0.15) is 24.2 Å². The fraction of sp³-hybridized carbons (Fsp3) is 0.222. The van der Waals surface area contributed by atoms with Crippen LogP contribution in [0, 0.1) is 10.1 Å². The molecule has 0 heterocycles. The van der Waals surface area contributed by atoms with Gasteiger partial charge in [-0.15, -0.1) is 0 Å². The third kappa shape index (κ3) is 4.89. The molecule has 0 aromatic heterocycles. The number of hydrogen-bond acceptors (Lipinski definition) is 7. The molecular formula is C18H17ClN2O7. The van der Waals surface area contributed by atoms with Crippen LogP contribution in [0.4, 0.5) is 11.4 Å². The van der Waals surface area contributed by atoms with Crippen molar-refractivity contribution < 1.29 is 29.1 Å². The van der Waals surface area contributed by atoms with Gasteiger partial charge in [-0.3, -0.25) is 14.9 Å². The molecule has 0 aliphatic heterocycles. The van der Waals surface area contributed by atoms with Crippen molar-refractivity contribution in [3.8, 4) is 11.5 Å². The lowest BCUT2D eigenvalue weighted by Gasteiger charge is -2.15. The highest BCUT2D eigenvalue weighted by atomic mass is 35.5. The molecule has 0 saturated carbocycles. The van der Waals surface area contributed by atoms with Crippen LogP contribution in [0.15, 0.2) is 36.4 Å². The number of benzene rings is 2. The molecule has 28 heavy (non-hydrogen) atoms. The molecule has 0 unspecified atom stereocenters. The molecule has 2 aromatic rings. The van der Waals surface area contributed by atoms with Gasteiger partial charge in [0.05, 0.1) is 22.1 Å². The number of carbonyl (C=O) groups is 2. The van der Waals surface area contributed by atoms with Crippen LogP contribution in [-0.2, 0) is 9.53 Å². The molecule has 0 saturated heterocycles. The van der Waals surface area contributed by atoms with E-state index in [2.05, 4.69) is 5.32 Å². The number of nitrogens with zero attached hydrogens (tertiary/aromatic N) is 1. The van der Waals surface area contributed by atoms with E-state index >= 15 is 0 Å². The number of esters is 1. The molecule has 0 spiro atoms. The lowest BCUT2D eigenvalue weighted by molar-refractivity contribution is -0.383. The summed E-state index contributed by atoms with van der Waals surface area (Å²) in [5.74, 6) is -1.95. The molecule has 9 nitrogen and oxygen atoms in total. The number of nitro groups is 1. The topological polar surface area (TPSA) is 128 Å². The number of anilines is 1. The number of aromatic hydroxyl groups is 1. The normalized spacial score (nSPS) is 11.4. The van der Waals surface area contributed by atoms with Crippen molar-refractivity contribution >= 4 is 34.9 Å². The van der Waals surface area contributed by atoms with E-state index in [0.717, 1.165) is 0 Å². The van der Waals surface area contributed by atoms with Gasteiger partial charge < -0.3 is 19.9 Å². The fourth-order valence-electron chi connectivity index (χ4n) is 2.21. The number of nitrogens with one attached hydrogen (secondary N) is 1. The number of para-hydroxylation sites is 2. The zero-order valence-corrected chi connectivity index (χ0v) is 15.7. The Bertz CT molecular complexity index is 917.